The van der Waals surface area contributed by atoms with Crippen LogP contribution in [0.25, 0.3) is 0 Å². The Morgan fingerprint density at radius 1 is 1.00 bits per heavy atom. The predicted octanol–water partition coefficient (Wildman–Crippen LogP) is 4.51. The molecule has 0 N–H and O–H groups in total. The van der Waals surface area contributed by atoms with Gasteiger partial charge in [-0.1, -0.05) is 25.0 Å². The van der Waals surface area contributed by atoms with E-state index in [1.165, 1.54) is 25.7 Å². The van der Waals surface area contributed by atoms with Crippen LogP contribution >= 0.6 is 0 Å². The maximum absolute atomic E-state index is 12.2. The standard InChI is InChI=1S/C18H28O2/c1-3-14-7-5-9-16(11-14)13-20-18(19)17-10-6-8-15(4-2)12-17/h3-4,14-17H,1-2,5-13H2. The Balaban J connectivity index is 1.74. The third-order valence-electron chi connectivity index (χ3n) is 5.00. The molecule has 0 aromatic heterocycles. The van der Waals surface area contributed by atoms with Crippen LogP contribution < -0.4 is 0 Å². The van der Waals surface area contributed by atoms with E-state index in [0.717, 1.165) is 25.7 Å². The largest absolute Gasteiger partial charge is 0.465 e. The molecule has 0 spiro atoms. The molecule has 2 saturated carbocycles. The summed E-state index contributed by atoms with van der Waals surface area (Å²) < 4.78 is 5.60. The zero-order chi connectivity index (χ0) is 14.4. The molecular formula is C18H28O2. The zero-order valence-corrected chi connectivity index (χ0v) is 12.6. The first-order valence-corrected chi connectivity index (χ1v) is 8.14. The molecule has 0 aromatic rings. The van der Waals surface area contributed by atoms with Crippen LogP contribution in [0.15, 0.2) is 25.3 Å². The van der Waals surface area contributed by atoms with Crippen molar-refractivity contribution in [2.45, 2.75) is 51.4 Å². The summed E-state index contributed by atoms with van der Waals surface area (Å²) in [5.74, 6) is 1.78. The van der Waals surface area contributed by atoms with Gasteiger partial charge >= 0.3 is 5.97 Å². The molecule has 0 aliphatic heterocycles. The predicted molar refractivity (Wildman–Crippen MR) is 82.2 cm³/mol. The molecule has 0 saturated heterocycles. The second-order valence-corrected chi connectivity index (χ2v) is 6.52. The van der Waals surface area contributed by atoms with E-state index in [4.69, 9.17) is 4.74 Å². The fourth-order valence-electron chi connectivity index (χ4n) is 3.67. The van der Waals surface area contributed by atoms with Crippen LogP contribution in [-0.4, -0.2) is 12.6 Å². The number of carbonyl (C=O) groups is 1. The van der Waals surface area contributed by atoms with Crippen molar-refractivity contribution in [3.8, 4) is 0 Å². The Hall–Kier alpha value is -1.05. The van der Waals surface area contributed by atoms with E-state index in [-0.39, 0.29) is 11.9 Å². The zero-order valence-electron chi connectivity index (χ0n) is 12.6. The summed E-state index contributed by atoms with van der Waals surface area (Å²) >= 11 is 0. The fraction of sp³-hybridized carbons (Fsp3) is 0.722. The number of ether oxygens (including phenoxy) is 1. The minimum atomic E-state index is 0.0253. The highest BCUT2D eigenvalue weighted by molar-refractivity contribution is 5.72. The summed E-state index contributed by atoms with van der Waals surface area (Å²) in [5.41, 5.74) is 0. The van der Waals surface area contributed by atoms with Crippen molar-refractivity contribution in [1.82, 2.24) is 0 Å². The van der Waals surface area contributed by atoms with E-state index in [0.29, 0.717) is 24.4 Å². The molecular weight excluding hydrogens is 248 g/mol. The van der Waals surface area contributed by atoms with Gasteiger partial charge in [0, 0.05) is 0 Å². The molecule has 2 heteroatoms. The van der Waals surface area contributed by atoms with Crippen LogP contribution in [0.4, 0.5) is 0 Å². The van der Waals surface area contributed by atoms with Crippen molar-refractivity contribution in [2.75, 3.05) is 6.61 Å². The lowest BCUT2D eigenvalue weighted by molar-refractivity contribution is -0.151. The van der Waals surface area contributed by atoms with E-state index in [1.807, 2.05) is 6.08 Å². The first kappa shape index (κ1) is 15.3. The average Bonchev–Trinajstić information content (AvgIpc) is 2.52. The first-order valence-electron chi connectivity index (χ1n) is 8.14. The molecule has 20 heavy (non-hydrogen) atoms. The third kappa shape index (κ3) is 4.22. The lowest BCUT2D eigenvalue weighted by Gasteiger charge is -2.29. The van der Waals surface area contributed by atoms with Crippen LogP contribution in [-0.2, 0) is 9.53 Å². The minimum absolute atomic E-state index is 0.0253. The van der Waals surface area contributed by atoms with Crippen LogP contribution in [0.3, 0.4) is 0 Å². The highest BCUT2D eigenvalue weighted by atomic mass is 16.5. The quantitative estimate of drug-likeness (QED) is 0.545. The van der Waals surface area contributed by atoms with Gasteiger partial charge in [-0.3, -0.25) is 4.79 Å². The summed E-state index contributed by atoms with van der Waals surface area (Å²) in [6, 6.07) is 0. The van der Waals surface area contributed by atoms with Gasteiger partial charge in [-0.2, -0.15) is 0 Å². The van der Waals surface area contributed by atoms with Crippen molar-refractivity contribution < 1.29 is 9.53 Å². The summed E-state index contributed by atoms with van der Waals surface area (Å²) in [6.45, 7) is 8.35. The molecule has 2 nitrogen and oxygen atoms in total. The van der Waals surface area contributed by atoms with E-state index in [9.17, 15) is 4.79 Å². The molecule has 2 aliphatic carbocycles. The maximum atomic E-state index is 12.2. The van der Waals surface area contributed by atoms with Crippen LogP contribution in [0.1, 0.15) is 51.4 Å². The molecule has 0 aromatic carbocycles. The highest BCUT2D eigenvalue weighted by Gasteiger charge is 2.28. The summed E-state index contributed by atoms with van der Waals surface area (Å²) in [7, 11) is 0. The molecule has 4 atom stereocenters. The van der Waals surface area contributed by atoms with Crippen molar-refractivity contribution in [1.29, 1.82) is 0 Å². The molecule has 0 radical (unpaired) electrons. The topological polar surface area (TPSA) is 26.3 Å². The second-order valence-electron chi connectivity index (χ2n) is 6.52. The van der Waals surface area contributed by atoms with E-state index >= 15 is 0 Å². The van der Waals surface area contributed by atoms with Crippen molar-refractivity contribution in [3.05, 3.63) is 25.3 Å². The van der Waals surface area contributed by atoms with Crippen molar-refractivity contribution >= 4 is 5.97 Å². The summed E-state index contributed by atoms with van der Waals surface area (Å²) in [5, 5.41) is 0. The van der Waals surface area contributed by atoms with E-state index < -0.39 is 0 Å². The van der Waals surface area contributed by atoms with Gasteiger partial charge in [-0.05, 0) is 56.3 Å². The molecule has 4 unspecified atom stereocenters. The van der Waals surface area contributed by atoms with E-state index in [2.05, 4.69) is 19.2 Å². The van der Waals surface area contributed by atoms with Crippen molar-refractivity contribution in [3.63, 3.8) is 0 Å². The number of esters is 1. The Labute approximate surface area is 123 Å². The number of hydrogen-bond acceptors (Lipinski definition) is 2. The number of allylic oxidation sites excluding steroid dienone is 2. The summed E-state index contributed by atoms with van der Waals surface area (Å²) in [6.07, 6.45) is 13.1. The molecule has 2 rings (SSSR count). The highest BCUT2D eigenvalue weighted by Crippen LogP contribution is 2.32. The van der Waals surface area contributed by atoms with Crippen LogP contribution in [0.5, 0.6) is 0 Å². The average molecular weight is 276 g/mol. The Bertz CT molecular complexity index is 347. The van der Waals surface area contributed by atoms with Crippen LogP contribution in [0.2, 0.25) is 0 Å². The van der Waals surface area contributed by atoms with Gasteiger partial charge in [0.2, 0.25) is 0 Å². The lowest BCUT2D eigenvalue weighted by Crippen LogP contribution is -2.27. The van der Waals surface area contributed by atoms with Crippen molar-refractivity contribution in [2.24, 2.45) is 23.7 Å². The summed E-state index contributed by atoms with van der Waals surface area (Å²) in [4.78, 5) is 12.2. The molecule has 112 valence electrons. The van der Waals surface area contributed by atoms with Gasteiger partial charge in [0.25, 0.3) is 0 Å². The SMILES string of the molecule is C=CC1CCCC(COC(=O)C2CCCC(C=C)C2)C1. The van der Waals surface area contributed by atoms with E-state index in [1.54, 1.807) is 0 Å². The number of hydrogen-bond donors (Lipinski definition) is 0. The fourth-order valence-corrected chi connectivity index (χ4v) is 3.67. The normalized spacial score (nSPS) is 34.2. The smallest absolute Gasteiger partial charge is 0.308 e. The second kappa shape index (κ2) is 7.66. The van der Waals surface area contributed by atoms with Gasteiger partial charge in [0.15, 0.2) is 0 Å². The Morgan fingerprint density at radius 2 is 1.65 bits per heavy atom. The van der Waals surface area contributed by atoms with Gasteiger partial charge in [-0.25, -0.2) is 0 Å². The van der Waals surface area contributed by atoms with Gasteiger partial charge < -0.3 is 4.74 Å². The van der Waals surface area contributed by atoms with Gasteiger partial charge in [0.1, 0.15) is 0 Å². The monoisotopic (exact) mass is 276 g/mol. The number of rotatable bonds is 5. The Kier molecular flexibility index (Phi) is 5.87. The molecule has 0 amide bonds. The maximum Gasteiger partial charge on any atom is 0.308 e. The Morgan fingerprint density at radius 3 is 2.35 bits per heavy atom. The molecule has 2 aliphatic rings. The molecule has 0 bridgehead atoms. The molecule has 0 heterocycles. The lowest BCUT2D eigenvalue weighted by atomic mass is 9.81. The van der Waals surface area contributed by atoms with Crippen LogP contribution in [0, 0.1) is 23.7 Å². The first-order chi connectivity index (χ1) is 9.72. The minimum Gasteiger partial charge on any atom is -0.465 e. The van der Waals surface area contributed by atoms with Gasteiger partial charge in [0.05, 0.1) is 12.5 Å². The van der Waals surface area contributed by atoms with Gasteiger partial charge in [-0.15, -0.1) is 13.2 Å². The number of carbonyl (C=O) groups excluding carboxylic acids is 1. The third-order valence-corrected chi connectivity index (χ3v) is 5.00. The molecule has 2 fully saturated rings.